The van der Waals surface area contributed by atoms with Gasteiger partial charge in [0.05, 0.1) is 0 Å². The predicted molar refractivity (Wildman–Crippen MR) is 59.7 cm³/mol. The summed E-state index contributed by atoms with van der Waals surface area (Å²) in [6.45, 7) is -2.95. The van der Waals surface area contributed by atoms with Crippen molar-refractivity contribution in [1.29, 1.82) is 0 Å². The molecule has 1 saturated carbocycles. The molecule has 0 bridgehead atoms. The molecule has 5 heteroatoms. The van der Waals surface area contributed by atoms with E-state index in [9.17, 15) is 13.9 Å². The molecular weight excluding hydrogens is 228 g/mol. The van der Waals surface area contributed by atoms with Crippen molar-refractivity contribution < 1.29 is 18.6 Å². The van der Waals surface area contributed by atoms with Crippen LogP contribution in [0.3, 0.4) is 0 Å². The van der Waals surface area contributed by atoms with E-state index in [-0.39, 0.29) is 11.5 Å². The molecule has 3 N–H and O–H groups in total. The van der Waals surface area contributed by atoms with Crippen molar-refractivity contribution in [3.05, 3.63) is 29.3 Å². The maximum Gasteiger partial charge on any atom is 0.387 e. The topological polar surface area (TPSA) is 55.5 Å². The summed E-state index contributed by atoms with van der Waals surface area (Å²) in [5.74, 6) is -0.569. The van der Waals surface area contributed by atoms with Crippen LogP contribution >= 0.6 is 0 Å². The van der Waals surface area contributed by atoms with E-state index in [1.807, 2.05) is 0 Å². The summed E-state index contributed by atoms with van der Waals surface area (Å²) in [6.07, 6.45) is 3.04. The minimum atomic E-state index is -2.95. The molecule has 0 aliphatic heterocycles. The molecule has 0 heterocycles. The zero-order valence-corrected chi connectivity index (χ0v) is 9.12. The Morgan fingerprint density at radius 1 is 1.35 bits per heavy atom. The number of rotatable bonds is 3. The monoisotopic (exact) mass is 241 g/mol. The van der Waals surface area contributed by atoms with Crippen LogP contribution in [0.1, 0.15) is 24.8 Å². The fraction of sp³-hybridized carbons (Fsp3) is 0.333. The molecule has 1 fully saturated rings. The van der Waals surface area contributed by atoms with Crippen LogP contribution in [0, 0.1) is 0 Å². The minimum absolute atomic E-state index is 0.241. The molecule has 0 saturated heterocycles. The first-order chi connectivity index (χ1) is 8.08. The first-order valence-electron chi connectivity index (χ1n) is 5.33. The molecule has 3 nitrogen and oxygen atoms in total. The fourth-order valence-electron chi connectivity index (χ4n) is 1.71. The molecule has 0 aromatic heterocycles. The number of nitrogens with two attached hydrogens (primary N) is 1. The van der Waals surface area contributed by atoms with Crippen LogP contribution in [0.15, 0.2) is 23.8 Å². The highest BCUT2D eigenvalue weighted by atomic mass is 19.3. The Hall–Kier alpha value is -1.78. The van der Waals surface area contributed by atoms with E-state index < -0.39 is 6.61 Å². The summed E-state index contributed by atoms with van der Waals surface area (Å²) in [7, 11) is 0. The number of phenols is 1. The number of alkyl halides is 2. The minimum Gasteiger partial charge on any atom is -0.504 e. The fourth-order valence-corrected chi connectivity index (χ4v) is 1.71. The van der Waals surface area contributed by atoms with E-state index in [0.717, 1.165) is 24.8 Å². The molecule has 92 valence electrons. The second-order valence-corrected chi connectivity index (χ2v) is 3.93. The Labute approximate surface area is 97.5 Å². The number of aromatic hydroxyl groups is 1. The zero-order valence-electron chi connectivity index (χ0n) is 9.12. The Morgan fingerprint density at radius 3 is 2.53 bits per heavy atom. The molecule has 1 aliphatic carbocycles. The number of phenolic OH excluding ortho intramolecular Hbond substituents is 1. The summed E-state index contributed by atoms with van der Waals surface area (Å²) in [4.78, 5) is 0. The maximum absolute atomic E-state index is 12.0. The first-order valence-corrected chi connectivity index (χ1v) is 5.33. The second kappa shape index (κ2) is 4.61. The Kier molecular flexibility index (Phi) is 3.17. The van der Waals surface area contributed by atoms with Gasteiger partial charge in [-0.05, 0) is 43.0 Å². The van der Waals surface area contributed by atoms with Crippen LogP contribution in [0.2, 0.25) is 0 Å². The highest BCUT2D eigenvalue weighted by Gasteiger charge is 2.15. The molecule has 1 aliphatic rings. The molecule has 0 amide bonds. The van der Waals surface area contributed by atoms with E-state index in [1.165, 1.54) is 12.1 Å². The van der Waals surface area contributed by atoms with E-state index >= 15 is 0 Å². The highest BCUT2D eigenvalue weighted by molar-refractivity contribution is 5.69. The third-order valence-electron chi connectivity index (χ3n) is 2.82. The molecule has 0 atom stereocenters. The van der Waals surface area contributed by atoms with Crippen molar-refractivity contribution in [1.82, 2.24) is 0 Å². The highest BCUT2D eigenvalue weighted by Crippen LogP contribution is 2.34. The number of benzene rings is 1. The molecule has 0 unspecified atom stereocenters. The predicted octanol–water partition coefficient (Wildman–Crippen LogP) is 2.85. The molecule has 1 aromatic carbocycles. The quantitative estimate of drug-likeness (QED) is 0.855. The van der Waals surface area contributed by atoms with Crippen LogP contribution in [0.25, 0.3) is 5.70 Å². The van der Waals surface area contributed by atoms with Gasteiger partial charge in [0.25, 0.3) is 0 Å². The maximum atomic E-state index is 12.0. The van der Waals surface area contributed by atoms with Crippen LogP contribution in [0.5, 0.6) is 11.5 Å². The van der Waals surface area contributed by atoms with Gasteiger partial charge in [-0.3, -0.25) is 0 Å². The summed E-state index contributed by atoms with van der Waals surface area (Å²) < 4.78 is 28.1. The van der Waals surface area contributed by atoms with Gasteiger partial charge in [0.2, 0.25) is 0 Å². The first kappa shape index (κ1) is 11.7. The standard InChI is InChI=1S/C12H13F2NO2/c13-12(14)17-10-5-4-8(6-9(10)16)11(15)7-2-1-3-7/h4-6,12,16H,1-3,15H2. The van der Waals surface area contributed by atoms with Gasteiger partial charge in [-0.2, -0.15) is 8.78 Å². The van der Waals surface area contributed by atoms with Crippen molar-refractivity contribution >= 4 is 5.70 Å². The normalized spacial score (nSPS) is 14.6. The van der Waals surface area contributed by atoms with Gasteiger partial charge >= 0.3 is 6.61 Å². The Balaban J connectivity index is 2.24. The number of halogens is 2. The number of ether oxygens (including phenoxy) is 1. The Morgan fingerprint density at radius 2 is 2.06 bits per heavy atom. The van der Waals surface area contributed by atoms with Crippen LogP contribution in [-0.4, -0.2) is 11.7 Å². The average molecular weight is 241 g/mol. The van der Waals surface area contributed by atoms with Gasteiger partial charge < -0.3 is 15.6 Å². The third-order valence-corrected chi connectivity index (χ3v) is 2.82. The molecular formula is C12H13F2NO2. The number of hydrogen-bond acceptors (Lipinski definition) is 3. The summed E-state index contributed by atoms with van der Waals surface area (Å²) in [5.41, 5.74) is 8.30. The Bertz CT molecular complexity index is 452. The van der Waals surface area contributed by atoms with Crippen LogP contribution in [0.4, 0.5) is 8.78 Å². The van der Waals surface area contributed by atoms with Crippen molar-refractivity contribution in [3.63, 3.8) is 0 Å². The van der Waals surface area contributed by atoms with Gasteiger partial charge in [0, 0.05) is 11.3 Å². The van der Waals surface area contributed by atoms with Crippen molar-refractivity contribution in [2.24, 2.45) is 5.73 Å². The molecule has 2 rings (SSSR count). The smallest absolute Gasteiger partial charge is 0.387 e. The lowest BCUT2D eigenvalue weighted by Gasteiger charge is -2.20. The van der Waals surface area contributed by atoms with E-state index in [4.69, 9.17) is 5.73 Å². The van der Waals surface area contributed by atoms with Crippen molar-refractivity contribution in [3.8, 4) is 11.5 Å². The van der Waals surface area contributed by atoms with E-state index in [2.05, 4.69) is 4.74 Å². The lowest BCUT2D eigenvalue weighted by atomic mass is 9.88. The summed E-state index contributed by atoms with van der Waals surface area (Å²) in [6, 6.07) is 4.21. The van der Waals surface area contributed by atoms with Crippen molar-refractivity contribution in [2.75, 3.05) is 0 Å². The van der Waals surface area contributed by atoms with Gasteiger partial charge in [0.15, 0.2) is 11.5 Å². The number of hydrogen-bond donors (Lipinski definition) is 2. The molecule has 17 heavy (non-hydrogen) atoms. The van der Waals surface area contributed by atoms with Crippen LogP contribution < -0.4 is 10.5 Å². The largest absolute Gasteiger partial charge is 0.504 e. The summed E-state index contributed by atoms with van der Waals surface area (Å²) >= 11 is 0. The van der Waals surface area contributed by atoms with E-state index in [1.54, 1.807) is 6.07 Å². The molecule has 0 radical (unpaired) electrons. The molecule has 0 spiro atoms. The van der Waals surface area contributed by atoms with E-state index in [0.29, 0.717) is 11.3 Å². The van der Waals surface area contributed by atoms with Gasteiger partial charge in [0.1, 0.15) is 0 Å². The van der Waals surface area contributed by atoms with Crippen molar-refractivity contribution in [2.45, 2.75) is 25.9 Å². The average Bonchev–Trinajstić information content (AvgIpc) is 2.17. The number of allylic oxidation sites excluding steroid dienone is 1. The zero-order chi connectivity index (χ0) is 12.4. The SMILES string of the molecule is NC(=C1CCC1)c1ccc(OC(F)F)c(O)c1. The van der Waals surface area contributed by atoms with Gasteiger partial charge in [-0.1, -0.05) is 0 Å². The van der Waals surface area contributed by atoms with Gasteiger partial charge in [-0.25, -0.2) is 0 Å². The van der Waals surface area contributed by atoms with Crippen LogP contribution in [-0.2, 0) is 0 Å². The lowest BCUT2D eigenvalue weighted by Crippen LogP contribution is -2.08. The lowest BCUT2D eigenvalue weighted by molar-refractivity contribution is -0.0512. The second-order valence-electron chi connectivity index (χ2n) is 3.93. The summed E-state index contributed by atoms with van der Waals surface area (Å²) in [5, 5.41) is 9.53. The molecule has 1 aromatic rings. The van der Waals surface area contributed by atoms with Gasteiger partial charge in [-0.15, -0.1) is 0 Å². The third kappa shape index (κ3) is 2.49.